The van der Waals surface area contributed by atoms with Crippen molar-refractivity contribution in [2.45, 2.75) is 12.7 Å². The topological polar surface area (TPSA) is 85.4 Å². The Morgan fingerprint density at radius 2 is 1.96 bits per heavy atom. The van der Waals surface area contributed by atoms with Crippen LogP contribution in [0.4, 0.5) is 0 Å². The highest BCUT2D eigenvalue weighted by Crippen LogP contribution is 2.11. The van der Waals surface area contributed by atoms with Crippen molar-refractivity contribution in [2.24, 2.45) is 10.4 Å². The first kappa shape index (κ1) is 16.5. The standard InChI is InChI=1S/C17H16N2O4/c1-22-15-9-7-13(8-10-15)11-16(17(20)18-19-21)23-12-14-5-3-2-4-6-14/h2-11,16H,12H2,1H3. The van der Waals surface area contributed by atoms with Crippen LogP contribution in [0.15, 0.2) is 76.7 Å². The lowest BCUT2D eigenvalue weighted by atomic mass is 10.1. The van der Waals surface area contributed by atoms with Crippen LogP contribution in [0, 0.1) is 4.91 Å². The van der Waals surface area contributed by atoms with Gasteiger partial charge in [0.1, 0.15) is 6.10 Å². The molecule has 1 aromatic carbocycles. The first-order valence-electron chi connectivity index (χ1n) is 6.94. The minimum absolute atomic E-state index is 0.221. The van der Waals surface area contributed by atoms with E-state index in [1.54, 1.807) is 37.5 Å². The Hall–Kier alpha value is -2.86. The molecule has 0 aromatic heterocycles. The van der Waals surface area contributed by atoms with Crippen molar-refractivity contribution in [3.05, 3.63) is 76.8 Å². The minimum Gasteiger partial charge on any atom is -0.858 e. The Balaban J connectivity index is 2.13. The van der Waals surface area contributed by atoms with Crippen molar-refractivity contribution < 1.29 is 14.3 Å². The summed E-state index contributed by atoms with van der Waals surface area (Å²) in [6.07, 6.45) is 7.68. The molecule has 0 saturated heterocycles. The van der Waals surface area contributed by atoms with Gasteiger partial charge in [-0.25, -0.2) is 0 Å². The van der Waals surface area contributed by atoms with Crippen LogP contribution in [0.1, 0.15) is 5.56 Å². The van der Waals surface area contributed by atoms with Crippen molar-refractivity contribution in [3.8, 4) is 0 Å². The lowest BCUT2D eigenvalue weighted by Crippen LogP contribution is -2.33. The van der Waals surface area contributed by atoms with Gasteiger partial charge in [-0.15, -0.1) is 10.0 Å². The third-order valence-electron chi connectivity index (χ3n) is 3.11. The zero-order valence-electron chi connectivity index (χ0n) is 12.6. The van der Waals surface area contributed by atoms with Gasteiger partial charge in [-0.3, -0.25) is 4.42 Å². The van der Waals surface area contributed by atoms with Gasteiger partial charge in [0.15, 0.2) is 0 Å². The molecule has 0 heterocycles. The third kappa shape index (κ3) is 5.12. The van der Waals surface area contributed by atoms with Gasteiger partial charge in [-0.1, -0.05) is 30.3 Å². The molecule has 1 aliphatic rings. The summed E-state index contributed by atoms with van der Waals surface area (Å²) in [7, 11) is 1.57. The Bertz CT molecular complexity index is 670. The fraction of sp³-hybridized carbons (Fsp3) is 0.176. The molecule has 6 nitrogen and oxygen atoms in total. The molecule has 0 N–H and O–H groups in total. The first-order valence-corrected chi connectivity index (χ1v) is 6.94. The number of benzene rings is 1. The number of hydrogen-bond donors (Lipinski definition) is 0. The van der Waals surface area contributed by atoms with Crippen LogP contribution in [0.2, 0.25) is 0 Å². The average Bonchev–Trinajstić information content (AvgIpc) is 2.60. The normalized spacial score (nSPS) is 15.4. The Labute approximate surface area is 133 Å². The van der Waals surface area contributed by atoms with E-state index < -0.39 is 12.0 Å². The molecule has 0 amide bonds. The molecule has 0 aliphatic heterocycles. The number of hydrogen-bond acceptors (Lipinski definition) is 4. The maximum atomic E-state index is 11.9. The van der Waals surface area contributed by atoms with E-state index in [1.807, 2.05) is 30.3 Å². The summed E-state index contributed by atoms with van der Waals surface area (Å²) in [5, 5.41) is 17.2. The molecule has 0 bridgehead atoms. The molecule has 2 rings (SSSR count). The number of nitroso groups, excluding NO2 is 1. The summed E-state index contributed by atoms with van der Waals surface area (Å²) in [4.78, 5) is 10.2. The molecule has 0 spiro atoms. The van der Waals surface area contributed by atoms with Gasteiger partial charge in [0, 0.05) is 18.0 Å². The third-order valence-corrected chi connectivity index (χ3v) is 3.11. The molecule has 1 aliphatic carbocycles. The maximum Gasteiger partial charge on any atom is 0.343 e. The molecular formula is C17H16N2O4. The predicted octanol–water partition coefficient (Wildman–Crippen LogP) is 1.80. The summed E-state index contributed by atoms with van der Waals surface area (Å²) >= 11 is 0. The van der Waals surface area contributed by atoms with Crippen LogP contribution in [-0.2, 0) is 15.8 Å². The van der Waals surface area contributed by atoms with Crippen LogP contribution in [-0.4, -0.2) is 24.9 Å². The van der Waals surface area contributed by atoms with E-state index >= 15 is 0 Å². The quantitative estimate of drug-likeness (QED) is 0.264. The van der Waals surface area contributed by atoms with Crippen molar-refractivity contribution in [1.82, 2.24) is 0 Å². The van der Waals surface area contributed by atoms with Crippen molar-refractivity contribution in [2.75, 3.05) is 7.11 Å². The molecule has 23 heavy (non-hydrogen) atoms. The zero-order valence-corrected chi connectivity index (χ0v) is 12.6. The van der Waals surface area contributed by atoms with Crippen LogP contribution in [0.3, 0.4) is 0 Å². The predicted molar refractivity (Wildman–Crippen MR) is 85.5 cm³/mol. The Morgan fingerprint density at radius 1 is 1.26 bits per heavy atom. The number of rotatable bonds is 6. The molecule has 6 heteroatoms. The molecule has 0 saturated carbocycles. The number of ketones is 1. The molecule has 1 atom stereocenters. The number of carbonyl (C=O) groups excluding carboxylic acids is 1. The second-order valence-corrected chi connectivity index (χ2v) is 4.68. The van der Waals surface area contributed by atoms with E-state index in [9.17, 15) is 10.0 Å². The number of nitrogens with zero attached hydrogens (tertiary/aromatic N) is 2. The highest BCUT2D eigenvalue weighted by molar-refractivity contribution is 6.01. The molecule has 0 radical (unpaired) electrons. The van der Waals surface area contributed by atoms with Crippen molar-refractivity contribution >= 4 is 11.7 Å². The zero-order chi connectivity index (χ0) is 16.5. The monoisotopic (exact) mass is 312 g/mol. The van der Waals surface area contributed by atoms with Gasteiger partial charge < -0.3 is 9.84 Å². The van der Waals surface area contributed by atoms with Gasteiger partial charge in [-0.05, 0) is 29.4 Å². The van der Waals surface area contributed by atoms with Crippen LogP contribution < -0.4 is 5.11 Å². The van der Waals surface area contributed by atoms with E-state index in [4.69, 9.17) is 9.16 Å². The lowest BCUT2D eigenvalue weighted by molar-refractivity contribution is -0.417. The van der Waals surface area contributed by atoms with E-state index in [0.717, 1.165) is 11.1 Å². The van der Waals surface area contributed by atoms with E-state index in [-0.39, 0.29) is 6.61 Å². The van der Waals surface area contributed by atoms with Gasteiger partial charge in [0.25, 0.3) is 7.11 Å². The van der Waals surface area contributed by atoms with E-state index in [2.05, 4.69) is 10.4 Å². The highest BCUT2D eigenvalue weighted by atomic mass is 16.5. The molecule has 118 valence electrons. The van der Waals surface area contributed by atoms with Gasteiger partial charge in [-0.2, -0.15) is 0 Å². The van der Waals surface area contributed by atoms with Crippen LogP contribution in [0.25, 0.3) is 0 Å². The first-order chi connectivity index (χ1) is 11.2. The van der Waals surface area contributed by atoms with Gasteiger partial charge in [0.05, 0.1) is 11.9 Å². The summed E-state index contributed by atoms with van der Waals surface area (Å²) in [5.41, 5.74) is 1.66. The second-order valence-electron chi connectivity index (χ2n) is 4.68. The Kier molecular flexibility index (Phi) is 6.14. The largest absolute Gasteiger partial charge is 0.858 e. The highest BCUT2D eigenvalue weighted by Gasteiger charge is 2.11. The van der Waals surface area contributed by atoms with Crippen molar-refractivity contribution in [3.63, 3.8) is 0 Å². The van der Waals surface area contributed by atoms with E-state index in [0.29, 0.717) is 5.78 Å². The Morgan fingerprint density at radius 3 is 2.57 bits per heavy atom. The molecule has 1 unspecified atom stereocenters. The summed E-state index contributed by atoms with van der Waals surface area (Å²) in [6, 6.07) is 9.40. The molecule has 1 aromatic rings. The molecular weight excluding hydrogens is 296 g/mol. The SMILES string of the molecule is C[O+]=C1C=CC(=CC(OCc2ccccc2)/C([O-])=N\N=O)C=C1. The maximum absolute atomic E-state index is 11.9. The summed E-state index contributed by atoms with van der Waals surface area (Å²) < 4.78 is 10.7. The van der Waals surface area contributed by atoms with E-state index in [1.165, 1.54) is 0 Å². The fourth-order valence-electron chi connectivity index (χ4n) is 1.94. The summed E-state index contributed by atoms with van der Waals surface area (Å²) in [6.45, 7) is 0.221. The second kappa shape index (κ2) is 8.55. The fourth-order valence-corrected chi connectivity index (χ4v) is 1.94. The number of allylic oxidation sites excluding steroid dienone is 5. The minimum atomic E-state index is -0.985. The van der Waals surface area contributed by atoms with Gasteiger partial charge in [0.2, 0.25) is 0 Å². The van der Waals surface area contributed by atoms with Gasteiger partial charge >= 0.3 is 5.78 Å². The smallest absolute Gasteiger partial charge is 0.343 e. The van der Waals surface area contributed by atoms with Crippen LogP contribution in [0.5, 0.6) is 0 Å². The van der Waals surface area contributed by atoms with Crippen LogP contribution >= 0.6 is 0 Å². The average molecular weight is 312 g/mol. The summed E-state index contributed by atoms with van der Waals surface area (Å²) in [5.74, 6) is -0.0405. The lowest BCUT2D eigenvalue weighted by Gasteiger charge is -2.20. The number of ether oxygens (including phenoxy) is 1. The molecule has 0 fully saturated rings. The van der Waals surface area contributed by atoms with Crippen molar-refractivity contribution in [1.29, 1.82) is 0 Å².